The first-order valence-electron chi connectivity index (χ1n) is 23.0. The summed E-state index contributed by atoms with van der Waals surface area (Å²) in [6, 6.07) is 10.8. The van der Waals surface area contributed by atoms with Gasteiger partial charge in [0.05, 0.1) is 33.8 Å². The SMILES string of the molecule is CC(C)(C)c1cc2c3c(c1)-n1nc(C(C)(C)C)c4c5c(cc(c41)B3c1cc3c(c4c(C(C)(C)C)nn-2c14)C1CC2CC(CC3C2)C1)C1CC2CC3CC5CC23C1. The molecule has 5 saturated carbocycles. The van der Waals surface area contributed by atoms with E-state index < -0.39 is 0 Å². The maximum Gasteiger partial charge on any atom is 0.252 e. The summed E-state index contributed by atoms with van der Waals surface area (Å²) in [4.78, 5) is 0. The van der Waals surface area contributed by atoms with Gasteiger partial charge in [-0.3, -0.25) is 0 Å². The van der Waals surface area contributed by atoms with Crippen molar-refractivity contribution in [2.75, 3.05) is 0 Å². The molecule has 7 bridgehead atoms. The number of rotatable bonds is 0. The molecule has 15 rings (SSSR count). The molecule has 0 saturated heterocycles. The van der Waals surface area contributed by atoms with E-state index in [-0.39, 0.29) is 23.0 Å². The van der Waals surface area contributed by atoms with E-state index >= 15 is 0 Å². The van der Waals surface area contributed by atoms with Gasteiger partial charge in [0.2, 0.25) is 0 Å². The average Bonchev–Trinajstić information content (AvgIpc) is 3.82. The van der Waals surface area contributed by atoms with Gasteiger partial charge in [0.1, 0.15) is 0 Å². The average molecular weight is 739 g/mol. The normalized spacial score (nSPS) is 33.5. The first kappa shape index (κ1) is 32.6. The number of fused-ring (bicyclic) bond motifs is 10. The van der Waals surface area contributed by atoms with Crippen LogP contribution in [0.1, 0.15) is 189 Å². The smallest absolute Gasteiger partial charge is 0.234 e. The van der Waals surface area contributed by atoms with Gasteiger partial charge in [0, 0.05) is 21.6 Å². The third-order valence-electron chi connectivity index (χ3n) is 18.3. The summed E-state index contributed by atoms with van der Waals surface area (Å²) in [5.74, 6) is 6.44. The fraction of sp³-hybridized carbons (Fsp3) is 0.608. The van der Waals surface area contributed by atoms with E-state index in [9.17, 15) is 0 Å². The van der Waals surface area contributed by atoms with Crippen molar-refractivity contribution < 1.29 is 0 Å². The first-order chi connectivity index (χ1) is 26.6. The fourth-order valence-electron chi connectivity index (χ4n) is 16.3. The van der Waals surface area contributed by atoms with E-state index in [0.29, 0.717) is 29.1 Å². The van der Waals surface area contributed by atoms with Crippen molar-refractivity contribution in [1.29, 1.82) is 0 Å². The fourth-order valence-corrected chi connectivity index (χ4v) is 16.3. The van der Waals surface area contributed by atoms with Crippen LogP contribution >= 0.6 is 0 Å². The third kappa shape index (κ3) is 3.66. The van der Waals surface area contributed by atoms with Crippen molar-refractivity contribution in [2.45, 2.75) is 166 Å². The Bertz CT molecular complexity index is 2670. The minimum atomic E-state index is -0.0615. The van der Waals surface area contributed by atoms with Crippen LogP contribution in [0.5, 0.6) is 0 Å². The maximum atomic E-state index is 5.88. The van der Waals surface area contributed by atoms with Gasteiger partial charge in [-0.05, 0) is 179 Å². The van der Waals surface area contributed by atoms with Crippen LogP contribution in [0.2, 0.25) is 0 Å². The molecule has 5 heteroatoms. The first-order valence-corrected chi connectivity index (χ1v) is 23.0. The highest BCUT2D eigenvalue weighted by molar-refractivity contribution is 7.00. The molecule has 4 heterocycles. The molecule has 4 nitrogen and oxygen atoms in total. The molecule has 8 aliphatic carbocycles. The zero-order valence-electron chi connectivity index (χ0n) is 35.4. The minimum Gasteiger partial charge on any atom is -0.234 e. The van der Waals surface area contributed by atoms with Crippen molar-refractivity contribution in [3.8, 4) is 11.4 Å². The molecule has 3 aromatic carbocycles. The lowest BCUT2D eigenvalue weighted by molar-refractivity contribution is 0.00322. The lowest BCUT2D eigenvalue weighted by atomic mass is 9.33. The Hall–Kier alpha value is -3.34. The molecule has 5 aromatic rings. The van der Waals surface area contributed by atoms with Crippen molar-refractivity contribution in [1.82, 2.24) is 19.6 Å². The molecule has 56 heavy (non-hydrogen) atoms. The highest BCUT2D eigenvalue weighted by Gasteiger charge is 2.66. The number of hydrogen-bond acceptors (Lipinski definition) is 2. The van der Waals surface area contributed by atoms with Crippen LogP contribution in [-0.4, -0.2) is 26.3 Å². The molecular weight excluding hydrogens is 679 g/mol. The molecular formula is C51H59BN4. The highest BCUT2D eigenvalue weighted by atomic mass is 15.3. The molecule has 0 amide bonds. The molecule has 0 radical (unpaired) electrons. The predicted molar refractivity (Wildman–Crippen MR) is 230 cm³/mol. The van der Waals surface area contributed by atoms with Crippen molar-refractivity contribution in [3.63, 3.8) is 0 Å². The van der Waals surface area contributed by atoms with E-state index in [1.165, 1.54) is 109 Å². The van der Waals surface area contributed by atoms with Crippen molar-refractivity contribution in [2.24, 2.45) is 29.1 Å². The highest BCUT2D eigenvalue weighted by Crippen LogP contribution is 2.76. The summed E-state index contributed by atoms with van der Waals surface area (Å²) in [6.07, 6.45) is 14.2. The van der Waals surface area contributed by atoms with Gasteiger partial charge in [-0.2, -0.15) is 10.2 Å². The van der Waals surface area contributed by atoms with Gasteiger partial charge in [0.15, 0.2) is 0 Å². The Morgan fingerprint density at radius 3 is 1.61 bits per heavy atom. The van der Waals surface area contributed by atoms with Crippen LogP contribution in [-0.2, 0) is 16.2 Å². The summed E-state index contributed by atoms with van der Waals surface area (Å²) in [6.45, 7) is 21.9. The van der Waals surface area contributed by atoms with E-state index in [0.717, 1.165) is 23.7 Å². The Morgan fingerprint density at radius 2 is 1.05 bits per heavy atom. The lowest BCUT2D eigenvalue weighted by Gasteiger charge is -2.48. The van der Waals surface area contributed by atoms with Gasteiger partial charge in [-0.25, -0.2) is 9.36 Å². The molecule has 2 aromatic heterocycles. The number of benzene rings is 3. The van der Waals surface area contributed by atoms with Crippen LogP contribution in [0.3, 0.4) is 0 Å². The minimum absolute atomic E-state index is 0.0162. The quantitative estimate of drug-likeness (QED) is 0.145. The summed E-state index contributed by atoms with van der Waals surface area (Å²) >= 11 is 0. The van der Waals surface area contributed by atoms with E-state index in [1.54, 1.807) is 44.0 Å². The van der Waals surface area contributed by atoms with Crippen LogP contribution in [0.15, 0.2) is 24.3 Å². The Labute approximate surface area is 333 Å². The topological polar surface area (TPSA) is 35.6 Å². The Morgan fingerprint density at radius 1 is 0.554 bits per heavy atom. The molecule has 0 N–H and O–H groups in total. The summed E-state index contributed by atoms with van der Waals surface area (Å²) in [5, 5.41) is 14.8. The van der Waals surface area contributed by atoms with Gasteiger partial charge in [0.25, 0.3) is 6.71 Å². The van der Waals surface area contributed by atoms with Crippen LogP contribution in [0, 0.1) is 29.1 Å². The van der Waals surface area contributed by atoms with Crippen molar-refractivity contribution >= 4 is 44.9 Å². The largest absolute Gasteiger partial charge is 0.252 e. The number of hydrogen-bond donors (Lipinski definition) is 0. The zero-order chi connectivity index (χ0) is 37.9. The predicted octanol–water partition coefficient (Wildman–Crippen LogP) is 10.2. The molecule has 7 atom stereocenters. The van der Waals surface area contributed by atoms with Gasteiger partial charge in [-0.15, -0.1) is 0 Å². The molecule has 286 valence electrons. The Balaban J connectivity index is 1.16. The van der Waals surface area contributed by atoms with E-state index in [4.69, 9.17) is 10.2 Å². The zero-order valence-corrected chi connectivity index (χ0v) is 35.4. The molecule has 10 aliphatic rings. The second-order valence-corrected chi connectivity index (χ2v) is 24.5. The summed E-state index contributed by atoms with van der Waals surface area (Å²) < 4.78 is 4.97. The second kappa shape index (κ2) is 9.58. The number of nitrogens with zero attached hydrogens (tertiary/aromatic N) is 4. The van der Waals surface area contributed by atoms with E-state index in [1.807, 2.05) is 0 Å². The molecule has 7 unspecified atom stereocenters. The summed E-state index contributed by atoms with van der Waals surface area (Å²) in [5.41, 5.74) is 21.5. The van der Waals surface area contributed by atoms with Crippen molar-refractivity contribution in [3.05, 3.63) is 63.5 Å². The standard InChI is InChI=1S/C51H59BN4/c1-48(2,3)30-18-37-43-38(19-30)56-45-36(21-34-28-15-31-17-32-16-29(23-51(31,32)22-28)40(34)42(45)47(54-56)50(7,8)9)52(43)35-20-33-26-11-24-10-25(12-26)14-27(13-24)39(33)41-44(35)55(37)53-46(41)49(4,5)6/h18-21,24-29,31-32H,10-17,22-23H2,1-9H3. The van der Waals surface area contributed by atoms with Gasteiger partial charge >= 0.3 is 0 Å². The maximum absolute atomic E-state index is 5.88. The van der Waals surface area contributed by atoms with Crippen LogP contribution < -0.4 is 16.4 Å². The van der Waals surface area contributed by atoms with Gasteiger partial charge < -0.3 is 0 Å². The summed E-state index contributed by atoms with van der Waals surface area (Å²) in [7, 11) is 0. The van der Waals surface area contributed by atoms with Gasteiger partial charge in [-0.1, -0.05) is 74.4 Å². The van der Waals surface area contributed by atoms with Crippen LogP contribution in [0.25, 0.3) is 33.2 Å². The van der Waals surface area contributed by atoms with E-state index in [2.05, 4.69) is 95.9 Å². The molecule has 1 spiro atoms. The third-order valence-corrected chi connectivity index (χ3v) is 18.3. The molecule has 2 aliphatic heterocycles. The second-order valence-electron chi connectivity index (χ2n) is 24.5. The molecule has 5 fully saturated rings. The number of aromatic nitrogens is 4. The lowest BCUT2D eigenvalue weighted by Crippen LogP contribution is -2.60. The van der Waals surface area contributed by atoms with Crippen LogP contribution in [0.4, 0.5) is 0 Å². The monoisotopic (exact) mass is 738 g/mol. The Kier molecular flexibility index (Phi) is 5.58.